The van der Waals surface area contributed by atoms with Crippen LogP contribution >= 0.6 is 0 Å². The van der Waals surface area contributed by atoms with Crippen LogP contribution in [0.1, 0.15) is 59.3 Å². The van der Waals surface area contributed by atoms with Gasteiger partial charge in [-0.3, -0.25) is 0 Å². The van der Waals surface area contributed by atoms with Crippen LogP contribution in [0.15, 0.2) is 0 Å². The molecule has 112 valence electrons. The quantitative estimate of drug-likeness (QED) is 0.732. The summed E-state index contributed by atoms with van der Waals surface area (Å²) in [6, 6.07) is 0.850. The van der Waals surface area contributed by atoms with Crippen LogP contribution in [-0.2, 0) is 4.74 Å². The molecule has 0 saturated heterocycles. The van der Waals surface area contributed by atoms with Gasteiger partial charge < -0.3 is 15.0 Å². The van der Waals surface area contributed by atoms with Crippen molar-refractivity contribution in [1.82, 2.24) is 10.2 Å². The largest absolute Gasteiger partial charge is 0.374 e. The Hall–Kier alpha value is -0.120. The highest BCUT2D eigenvalue weighted by molar-refractivity contribution is 4.91. The zero-order chi connectivity index (χ0) is 13.9. The molecule has 1 N–H and O–H groups in total. The predicted octanol–water partition coefficient (Wildman–Crippen LogP) is 2.80. The lowest BCUT2D eigenvalue weighted by Crippen LogP contribution is -2.46. The fourth-order valence-corrected chi connectivity index (χ4v) is 2.81. The molecule has 3 heteroatoms. The molecule has 2 fully saturated rings. The molecule has 0 bridgehead atoms. The van der Waals surface area contributed by atoms with Crippen molar-refractivity contribution in [1.29, 1.82) is 0 Å². The average molecular weight is 268 g/mol. The van der Waals surface area contributed by atoms with Crippen LogP contribution in [0.2, 0.25) is 0 Å². The van der Waals surface area contributed by atoms with Gasteiger partial charge in [0.2, 0.25) is 0 Å². The van der Waals surface area contributed by atoms with E-state index in [0.717, 1.165) is 32.2 Å². The van der Waals surface area contributed by atoms with Gasteiger partial charge in [0, 0.05) is 18.1 Å². The van der Waals surface area contributed by atoms with Crippen molar-refractivity contribution >= 4 is 0 Å². The number of ether oxygens (including phenoxy) is 1. The van der Waals surface area contributed by atoms with Crippen molar-refractivity contribution in [2.75, 3.05) is 26.7 Å². The van der Waals surface area contributed by atoms with Gasteiger partial charge in [-0.05, 0) is 72.9 Å². The zero-order valence-corrected chi connectivity index (χ0v) is 13.3. The van der Waals surface area contributed by atoms with Crippen LogP contribution in [0.3, 0.4) is 0 Å². The molecule has 0 aromatic carbocycles. The van der Waals surface area contributed by atoms with Crippen molar-refractivity contribution in [3.8, 4) is 0 Å². The van der Waals surface area contributed by atoms with Gasteiger partial charge in [0.25, 0.3) is 0 Å². The van der Waals surface area contributed by atoms with Gasteiger partial charge in [0.15, 0.2) is 0 Å². The van der Waals surface area contributed by atoms with Crippen LogP contribution < -0.4 is 5.32 Å². The maximum Gasteiger partial charge on any atom is 0.0695 e. The van der Waals surface area contributed by atoms with E-state index >= 15 is 0 Å². The van der Waals surface area contributed by atoms with Gasteiger partial charge in [-0.2, -0.15) is 0 Å². The van der Waals surface area contributed by atoms with E-state index < -0.39 is 0 Å². The number of nitrogens with one attached hydrogen (secondary N) is 1. The topological polar surface area (TPSA) is 24.5 Å². The summed E-state index contributed by atoms with van der Waals surface area (Å²) in [5.74, 6) is 0. The third-order valence-electron chi connectivity index (χ3n) is 4.52. The highest BCUT2D eigenvalue weighted by atomic mass is 16.5. The molecule has 0 aromatic rings. The van der Waals surface area contributed by atoms with Crippen LogP contribution in [0.4, 0.5) is 0 Å². The second kappa shape index (κ2) is 6.11. The van der Waals surface area contributed by atoms with E-state index in [1.807, 2.05) is 0 Å². The second-order valence-corrected chi connectivity index (χ2v) is 7.52. The minimum absolute atomic E-state index is 0.197. The van der Waals surface area contributed by atoms with Crippen LogP contribution in [0.25, 0.3) is 0 Å². The summed E-state index contributed by atoms with van der Waals surface area (Å²) in [6.45, 7) is 9.76. The first-order valence-corrected chi connectivity index (χ1v) is 8.00. The van der Waals surface area contributed by atoms with E-state index in [4.69, 9.17) is 4.74 Å². The summed E-state index contributed by atoms with van der Waals surface area (Å²) >= 11 is 0. The summed E-state index contributed by atoms with van der Waals surface area (Å²) in [5, 5.41) is 3.58. The minimum atomic E-state index is 0.197. The van der Waals surface area contributed by atoms with Gasteiger partial charge in [-0.1, -0.05) is 0 Å². The van der Waals surface area contributed by atoms with Crippen molar-refractivity contribution in [3.05, 3.63) is 0 Å². The number of likely N-dealkylation sites (N-methyl/N-ethyl adjacent to an activating group) is 1. The average Bonchev–Trinajstić information content (AvgIpc) is 3.06. The number of rotatable bonds is 8. The summed E-state index contributed by atoms with van der Waals surface area (Å²) in [6.07, 6.45) is 7.79. The van der Waals surface area contributed by atoms with Gasteiger partial charge in [-0.25, -0.2) is 0 Å². The van der Waals surface area contributed by atoms with Crippen molar-refractivity contribution in [3.63, 3.8) is 0 Å². The first-order chi connectivity index (χ1) is 8.90. The molecule has 19 heavy (non-hydrogen) atoms. The van der Waals surface area contributed by atoms with Crippen molar-refractivity contribution in [2.45, 2.75) is 76.5 Å². The maximum atomic E-state index is 6.25. The van der Waals surface area contributed by atoms with Gasteiger partial charge in [0.05, 0.1) is 12.2 Å². The van der Waals surface area contributed by atoms with Crippen LogP contribution in [0.5, 0.6) is 0 Å². The molecule has 2 aliphatic rings. The maximum absolute atomic E-state index is 6.25. The Morgan fingerprint density at radius 3 is 2.42 bits per heavy atom. The highest BCUT2D eigenvalue weighted by Crippen LogP contribution is 2.38. The third-order valence-corrected chi connectivity index (χ3v) is 4.52. The smallest absolute Gasteiger partial charge is 0.0695 e. The molecule has 0 unspecified atom stereocenters. The Kier molecular flexibility index (Phi) is 4.91. The Morgan fingerprint density at radius 2 is 1.95 bits per heavy atom. The predicted molar refractivity (Wildman–Crippen MR) is 80.6 cm³/mol. The summed E-state index contributed by atoms with van der Waals surface area (Å²) < 4.78 is 6.25. The molecule has 0 heterocycles. The fourth-order valence-electron chi connectivity index (χ4n) is 2.81. The van der Waals surface area contributed by atoms with Crippen LogP contribution in [0, 0.1) is 0 Å². The van der Waals surface area contributed by atoms with Crippen molar-refractivity contribution in [2.24, 2.45) is 0 Å². The SMILES string of the molecule is CN(CCOC1(CCNC(C)(C)C)CCC1)C1CC1. The first kappa shape index (κ1) is 15.3. The van der Waals surface area contributed by atoms with E-state index in [1.165, 1.54) is 32.1 Å². The lowest BCUT2D eigenvalue weighted by atomic mass is 9.77. The van der Waals surface area contributed by atoms with Gasteiger partial charge in [-0.15, -0.1) is 0 Å². The molecule has 2 saturated carbocycles. The molecular weight excluding hydrogens is 236 g/mol. The molecule has 2 rings (SSSR count). The van der Waals surface area contributed by atoms with Gasteiger partial charge in [0.1, 0.15) is 0 Å². The Bertz CT molecular complexity index is 277. The number of nitrogens with zero attached hydrogens (tertiary/aromatic N) is 1. The normalized spacial score (nSPS) is 22.6. The monoisotopic (exact) mass is 268 g/mol. The molecule has 0 spiro atoms. The number of hydrogen-bond acceptors (Lipinski definition) is 3. The van der Waals surface area contributed by atoms with Crippen molar-refractivity contribution < 1.29 is 4.74 Å². The lowest BCUT2D eigenvalue weighted by Gasteiger charge is -2.42. The molecule has 0 aromatic heterocycles. The summed E-state index contributed by atoms with van der Waals surface area (Å²) in [7, 11) is 2.23. The summed E-state index contributed by atoms with van der Waals surface area (Å²) in [4.78, 5) is 2.46. The second-order valence-electron chi connectivity index (χ2n) is 7.52. The highest BCUT2D eigenvalue weighted by Gasteiger charge is 2.38. The van der Waals surface area contributed by atoms with Gasteiger partial charge >= 0.3 is 0 Å². The summed E-state index contributed by atoms with van der Waals surface area (Å²) in [5.41, 5.74) is 0.416. The zero-order valence-electron chi connectivity index (χ0n) is 13.3. The Labute approximate surface area is 119 Å². The standard InChI is InChI=1S/C16H32N2O/c1-15(2,3)17-11-10-16(8-5-9-16)19-13-12-18(4)14-6-7-14/h14,17H,5-13H2,1-4H3. The molecule has 0 aliphatic heterocycles. The molecule has 3 nitrogen and oxygen atoms in total. The number of hydrogen-bond donors (Lipinski definition) is 1. The first-order valence-electron chi connectivity index (χ1n) is 8.00. The molecule has 0 radical (unpaired) electrons. The lowest BCUT2D eigenvalue weighted by molar-refractivity contribution is -0.108. The van der Waals surface area contributed by atoms with E-state index in [2.05, 4.69) is 38.0 Å². The van der Waals surface area contributed by atoms with E-state index in [0.29, 0.717) is 0 Å². The minimum Gasteiger partial charge on any atom is -0.374 e. The van der Waals surface area contributed by atoms with E-state index in [9.17, 15) is 0 Å². The Balaban J connectivity index is 1.63. The third kappa shape index (κ3) is 5.05. The molecule has 0 amide bonds. The van der Waals surface area contributed by atoms with Crippen LogP contribution in [-0.4, -0.2) is 48.8 Å². The Morgan fingerprint density at radius 1 is 1.26 bits per heavy atom. The fraction of sp³-hybridized carbons (Fsp3) is 1.00. The molecular formula is C16H32N2O. The van der Waals surface area contributed by atoms with E-state index in [-0.39, 0.29) is 11.1 Å². The van der Waals surface area contributed by atoms with E-state index in [1.54, 1.807) is 0 Å². The molecule has 2 aliphatic carbocycles. The molecule has 0 atom stereocenters.